The average molecular weight is 369 g/mol. The van der Waals surface area contributed by atoms with Crippen LogP contribution >= 0.6 is 11.6 Å². The van der Waals surface area contributed by atoms with Gasteiger partial charge in [-0.1, -0.05) is 29.8 Å². The standard InChI is InChI=1S/C18H10ClFN4O2/c19-15-5-4-10(7-16(15)20)13-8-17(23-18(22)14(13)9-21)11-2-1-3-12(6-11)24(25)26/h1-8H,(H2,22,23). The number of nitrogens with zero attached hydrogens (tertiary/aromatic N) is 3. The van der Waals surface area contributed by atoms with Crippen molar-refractivity contribution in [1.82, 2.24) is 4.98 Å². The molecule has 2 N–H and O–H groups in total. The number of nitro benzene ring substituents is 1. The Hall–Kier alpha value is -3.50. The molecule has 0 amide bonds. The number of nitrogens with two attached hydrogens (primary N) is 1. The topological polar surface area (TPSA) is 106 Å². The van der Waals surface area contributed by atoms with Crippen LogP contribution in [-0.2, 0) is 0 Å². The molecule has 0 spiro atoms. The Balaban J connectivity index is 2.23. The van der Waals surface area contributed by atoms with E-state index < -0.39 is 10.7 Å². The number of hydrogen-bond acceptors (Lipinski definition) is 5. The largest absolute Gasteiger partial charge is 0.383 e. The molecule has 0 aliphatic rings. The molecule has 2 aromatic carbocycles. The normalized spacial score (nSPS) is 10.3. The number of anilines is 1. The van der Waals surface area contributed by atoms with Gasteiger partial charge in [0.2, 0.25) is 0 Å². The van der Waals surface area contributed by atoms with E-state index in [9.17, 15) is 19.8 Å². The summed E-state index contributed by atoms with van der Waals surface area (Å²) < 4.78 is 13.8. The third kappa shape index (κ3) is 3.18. The maximum absolute atomic E-state index is 13.8. The minimum absolute atomic E-state index is 0.0480. The van der Waals surface area contributed by atoms with E-state index in [2.05, 4.69) is 4.98 Å². The van der Waals surface area contributed by atoms with Gasteiger partial charge in [0.05, 0.1) is 15.6 Å². The maximum Gasteiger partial charge on any atom is 0.270 e. The number of hydrogen-bond donors (Lipinski definition) is 1. The molecular formula is C18H10ClFN4O2. The second-order valence-corrected chi connectivity index (χ2v) is 5.77. The summed E-state index contributed by atoms with van der Waals surface area (Å²) >= 11 is 5.71. The summed E-state index contributed by atoms with van der Waals surface area (Å²) in [6, 6.07) is 13.5. The third-order valence-electron chi connectivity index (χ3n) is 3.74. The fraction of sp³-hybridized carbons (Fsp3) is 0. The molecule has 3 rings (SSSR count). The van der Waals surface area contributed by atoms with E-state index in [0.717, 1.165) is 0 Å². The van der Waals surface area contributed by atoms with Crippen LogP contribution in [0.1, 0.15) is 5.56 Å². The number of halogens is 2. The van der Waals surface area contributed by atoms with E-state index in [1.807, 2.05) is 6.07 Å². The summed E-state index contributed by atoms with van der Waals surface area (Å²) in [4.78, 5) is 14.6. The Morgan fingerprint density at radius 3 is 2.62 bits per heavy atom. The van der Waals surface area contributed by atoms with Gasteiger partial charge in [-0.3, -0.25) is 10.1 Å². The van der Waals surface area contributed by atoms with Gasteiger partial charge in [-0.25, -0.2) is 9.37 Å². The van der Waals surface area contributed by atoms with Crippen molar-refractivity contribution in [1.29, 1.82) is 5.26 Å². The van der Waals surface area contributed by atoms with Crippen molar-refractivity contribution >= 4 is 23.1 Å². The fourth-order valence-corrected chi connectivity index (χ4v) is 2.62. The summed E-state index contributed by atoms with van der Waals surface area (Å²) in [5.74, 6) is -0.692. The van der Waals surface area contributed by atoms with E-state index >= 15 is 0 Å². The molecule has 0 bridgehead atoms. The number of nitrogen functional groups attached to an aromatic ring is 1. The predicted molar refractivity (Wildman–Crippen MR) is 95.9 cm³/mol. The van der Waals surface area contributed by atoms with Gasteiger partial charge in [0.15, 0.2) is 0 Å². The lowest BCUT2D eigenvalue weighted by Crippen LogP contribution is -2.00. The van der Waals surface area contributed by atoms with Gasteiger partial charge in [0, 0.05) is 23.3 Å². The third-order valence-corrected chi connectivity index (χ3v) is 4.05. The molecule has 0 unspecified atom stereocenters. The molecule has 1 heterocycles. The molecule has 128 valence electrons. The molecule has 6 nitrogen and oxygen atoms in total. The second-order valence-electron chi connectivity index (χ2n) is 5.36. The first-order valence-electron chi connectivity index (χ1n) is 7.31. The smallest absolute Gasteiger partial charge is 0.270 e. The maximum atomic E-state index is 13.8. The van der Waals surface area contributed by atoms with E-state index in [0.29, 0.717) is 22.4 Å². The molecule has 0 aliphatic carbocycles. The van der Waals surface area contributed by atoms with Crippen molar-refractivity contribution < 1.29 is 9.31 Å². The Morgan fingerprint density at radius 2 is 1.96 bits per heavy atom. The van der Waals surface area contributed by atoms with Crippen LogP contribution in [0.25, 0.3) is 22.4 Å². The Bertz CT molecular complexity index is 1080. The van der Waals surface area contributed by atoms with Gasteiger partial charge < -0.3 is 5.73 Å². The molecule has 1 aromatic heterocycles. The van der Waals surface area contributed by atoms with Crippen molar-refractivity contribution in [3.8, 4) is 28.5 Å². The minimum atomic E-state index is -0.639. The molecule has 0 aliphatic heterocycles. The first-order valence-corrected chi connectivity index (χ1v) is 7.69. The molecule has 8 heteroatoms. The summed E-state index contributed by atoms with van der Waals surface area (Å²) in [5.41, 5.74) is 7.40. The van der Waals surface area contributed by atoms with Crippen LogP contribution in [0.3, 0.4) is 0 Å². The second kappa shape index (κ2) is 6.78. The summed E-state index contributed by atoms with van der Waals surface area (Å²) in [6.07, 6.45) is 0. The lowest BCUT2D eigenvalue weighted by atomic mass is 9.98. The number of nitriles is 1. The highest BCUT2D eigenvalue weighted by molar-refractivity contribution is 6.30. The van der Waals surface area contributed by atoms with Crippen molar-refractivity contribution in [3.05, 3.63) is 75.0 Å². The molecule has 26 heavy (non-hydrogen) atoms. The van der Waals surface area contributed by atoms with Crippen molar-refractivity contribution in [2.24, 2.45) is 0 Å². The summed E-state index contributed by atoms with van der Waals surface area (Å²) in [6.45, 7) is 0. The van der Waals surface area contributed by atoms with Crippen LogP contribution in [0.2, 0.25) is 5.02 Å². The number of nitro groups is 1. The first kappa shape index (κ1) is 17.3. The molecule has 3 aromatic rings. The first-order chi connectivity index (χ1) is 12.4. The molecular weight excluding hydrogens is 359 g/mol. The SMILES string of the molecule is N#Cc1c(-c2ccc(Cl)c(F)c2)cc(-c2cccc([N+](=O)[O-])c2)nc1N. The quantitative estimate of drug-likeness (QED) is 0.538. The molecule has 0 radical (unpaired) electrons. The zero-order valence-corrected chi connectivity index (χ0v) is 13.9. The number of pyridine rings is 1. The monoisotopic (exact) mass is 368 g/mol. The fourth-order valence-electron chi connectivity index (χ4n) is 2.50. The Kier molecular flexibility index (Phi) is 4.52. The molecule has 0 saturated carbocycles. The van der Waals surface area contributed by atoms with Crippen molar-refractivity contribution in [2.75, 3.05) is 5.73 Å². The van der Waals surface area contributed by atoms with Crippen LogP contribution in [0, 0.1) is 27.3 Å². The number of aromatic nitrogens is 1. The van der Waals surface area contributed by atoms with Crippen molar-refractivity contribution in [3.63, 3.8) is 0 Å². The zero-order chi connectivity index (χ0) is 18.8. The average Bonchev–Trinajstić information content (AvgIpc) is 2.63. The van der Waals surface area contributed by atoms with E-state index in [1.54, 1.807) is 12.1 Å². The Labute approximate surface area is 152 Å². The lowest BCUT2D eigenvalue weighted by molar-refractivity contribution is -0.384. The van der Waals surface area contributed by atoms with Crippen LogP contribution in [0.5, 0.6) is 0 Å². The summed E-state index contributed by atoms with van der Waals surface area (Å²) in [7, 11) is 0. The van der Waals surface area contributed by atoms with Gasteiger partial charge in [-0.2, -0.15) is 5.26 Å². The number of rotatable bonds is 3. The van der Waals surface area contributed by atoms with Gasteiger partial charge in [0.1, 0.15) is 23.3 Å². The van der Waals surface area contributed by atoms with Crippen molar-refractivity contribution in [2.45, 2.75) is 0 Å². The highest BCUT2D eigenvalue weighted by atomic mass is 35.5. The van der Waals surface area contributed by atoms with Gasteiger partial charge >= 0.3 is 0 Å². The van der Waals surface area contributed by atoms with E-state index in [4.69, 9.17) is 17.3 Å². The van der Waals surface area contributed by atoms with E-state index in [-0.39, 0.29) is 22.1 Å². The molecule has 0 fully saturated rings. The Morgan fingerprint density at radius 1 is 1.19 bits per heavy atom. The lowest BCUT2D eigenvalue weighted by Gasteiger charge is -2.10. The predicted octanol–water partition coefficient (Wildman–Crippen LogP) is 4.57. The highest BCUT2D eigenvalue weighted by Crippen LogP contribution is 2.33. The molecule has 0 atom stereocenters. The van der Waals surface area contributed by atoms with Crippen LogP contribution in [0.4, 0.5) is 15.9 Å². The van der Waals surface area contributed by atoms with Crippen LogP contribution in [0.15, 0.2) is 48.5 Å². The number of non-ortho nitro benzene ring substituents is 1. The zero-order valence-electron chi connectivity index (χ0n) is 13.1. The number of benzene rings is 2. The van der Waals surface area contributed by atoms with E-state index in [1.165, 1.54) is 36.4 Å². The minimum Gasteiger partial charge on any atom is -0.383 e. The van der Waals surface area contributed by atoms with Gasteiger partial charge in [0.25, 0.3) is 5.69 Å². The van der Waals surface area contributed by atoms with Crippen LogP contribution < -0.4 is 5.73 Å². The highest BCUT2D eigenvalue weighted by Gasteiger charge is 2.16. The van der Waals surface area contributed by atoms with Gasteiger partial charge in [-0.05, 0) is 23.8 Å². The summed E-state index contributed by atoms with van der Waals surface area (Å²) in [5, 5.41) is 20.3. The van der Waals surface area contributed by atoms with Gasteiger partial charge in [-0.15, -0.1) is 0 Å². The molecule has 0 saturated heterocycles. The van der Waals surface area contributed by atoms with Crippen LogP contribution in [-0.4, -0.2) is 9.91 Å².